The van der Waals surface area contributed by atoms with Crippen molar-refractivity contribution in [1.82, 2.24) is 0 Å². The number of sulfone groups is 1. The molecule has 1 unspecified atom stereocenters. The van der Waals surface area contributed by atoms with Gasteiger partial charge in [0.25, 0.3) is 0 Å². The van der Waals surface area contributed by atoms with E-state index in [0.29, 0.717) is 15.6 Å². The standard InChI is InChI=1S/C10H9BrO3S/c1-6(12)8-5-15(13,14)10-7(8)3-2-4-9(10)11/h2-6,12H,1H3. The van der Waals surface area contributed by atoms with Crippen LogP contribution in [-0.2, 0) is 9.84 Å². The quantitative estimate of drug-likeness (QED) is 0.859. The molecule has 5 heteroatoms. The highest BCUT2D eigenvalue weighted by Crippen LogP contribution is 2.39. The molecule has 0 amide bonds. The summed E-state index contributed by atoms with van der Waals surface area (Å²) in [5.74, 6) is 0. The molecule has 1 aromatic rings. The van der Waals surface area contributed by atoms with Gasteiger partial charge in [0, 0.05) is 21.0 Å². The molecule has 0 saturated heterocycles. The number of rotatable bonds is 1. The van der Waals surface area contributed by atoms with Crippen LogP contribution in [0.1, 0.15) is 12.5 Å². The summed E-state index contributed by atoms with van der Waals surface area (Å²) in [5, 5.41) is 10.6. The van der Waals surface area contributed by atoms with Gasteiger partial charge in [-0.15, -0.1) is 0 Å². The minimum atomic E-state index is -3.40. The molecule has 1 atom stereocenters. The average Bonchev–Trinajstić information content (AvgIpc) is 2.39. The van der Waals surface area contributed by atoms with Crippen molar-refractivity contribution in [1.29, 1.82) is 0 Å². The normalized spacial score (nSPS) is 19.5. The van der Waals surface area contributed by atoms with E-state index in [1.807, 2.05) is 0 Å². The molecule has 3 nitrogen and oxygen atoms in total. The number of fused-ring (bicyclic) bond motifs is 1. The highest BCUT2D eigenvalue weighted by atomic mass is 79.9. The number of aliphatic hydroxyl groups excluding tert-OH is 1. The van der Waals surface area contributed by atoms with Gasteiger partial charge >= 0.3 is 0 Å². The molecule has 2 rings (SSSR count). The summed E-state index contributed by atoms with van der Waals surface area (Å²) in [4.78, 5) is 0.251. The van der Waals surface area contributed by atoms with Gasteiger partial charge in [0.1, 0.15) is 0 Å². The SMILES string of the molecule is CC(O)C1=CS(=O)(=O)c2c(Br)cccc21. The smallest absolute Gasteiger partial charge is 0.201 e. The summed E-state index contributed by atoms with van der Waals surface area (Å²) in [6, 6.07) is 5.12. The van der Waals surface area contributed by atoms with E-state index in [4.69, 9.17) is 0 Å². The number of aliphatic hydroxyl groups is 1. The van der Waals surface area contributed by atoms with Crippen LogP contribution in [0.25, 0.3) is 5.57 Å². The maximum atomic E-state index is 11.8. The molecule has 1 heterocycles. The van der Waals surface area contributed by atoms with Crippen molar-refractivity contribution >= 4 is 31.3 Å². The zero-order chi connectivity index (χ0) is 11.2. The van der Waals surface area contributed by atoms with Crippen molar-refractivity contribution in [3.8, 4) is 0 Å². The van der Waals surface area contributed by atoms with Crippen LogP contribution in [0.4, 0.5) is 0 Å². The molecule has 0 aromatic heterocycles. The lowest BCUT2D eigenvalue weighted by molar-refractivity contribution is 0.253. The second-order valence-electron chi connectivity index (χ2n) is 3.41. The second-order valence-corrected chi connectivity index (χ2v) is 6.00. The van der Waals surface area contributed by atoms with Gasteiger partial charge in [-0.1, -0.05) is 12.1 Å². The molecule has 0 bridgehead atoms. The monoisotopic (exact) mass is 288 g/mol. The topological polar surface area (TPSA) is 54.4 Å². The van der Waals surface area contributed by atoms with Gasteiger partial charge < -0.3 is 5.11 Å². The second kappa shape index (κ2) is 3.43. The summed E-state index contributed by atoms with van der Waals surface area (Å²) < 4.78 is 24.1. The van der Waals surface area contributed by atoms with E-state index in [1.165, 1.54) is 0 Å². The third-order valence-corrected chi connectivity index (χ3v) is 4.79. The van der Waals surface area contributed by atoms with Gasteiger partial charge in [0.2, 0.25) is 9.84 Å². The Kier molecular flexibility index (Phi) is 2.48. The molecule has 0 fully saturated rings. The van der Waals surface area contributed by atoms with Gasteiger partial charge in [0.15, 0.2) is 0 Å². The first-order chi connectivity index (χ1) is 6.93. The molecule has 15 heavy (non-hydrogen) atoms. The van der Waals surface area contributed by atoms with Crippen LogP contribution in [0, 0.1) is 0 Å². The zero-order valence-corrected chi connectivity index (χ0v) is 10.3. The van der Waals surface area contributed by atoms with Gasteiger partial charge in [-0.05, 0) is 28.9 Å². The molecule has 1 aliphatic heterocycles. The van der Waals surface area contributed by atoms with E-state index >= 15 is 0 Å². The fourth-order valence-corrected chi connectivity index (χ4v) is 4.29. The van der Waals surface area contributed by atoms with Crippen molar-refractivity contribution < 1.29 is 13.5 Å². The van der Waals surface area contributed by atoms with Gasteiger partial charge in [-0.25, -0.2) is 8.42 Å². The molecule has 1 aromatic carbocycles. The first-order valence-corrected chi connectivity index (χ1v) is 6.71. The number of hydrogen-bond acceptors (Lipinski definition) is 3. The van der Waals surface area contributed by atoms with Crippen LogP contribution in [-0.4, -0.2) is 19.6 Å². The van der Waals surface area contributed by atoms with Gasteiger partial charge in [0.05, 0.1) is 11.0 Å². The number of hydrogen-bond donors (Lipinski definition) is 1. The average molecular weight is 289 g/mol. The van der Waals surface area contributed by atoms with E-state index in [9.17, 15) is 13.5 Å². The molecule has 1 aliphatic rings. The first kappa shape index (κ1) is 10.9. The van der Waals surface area contributed by atoms with E-state index < -0.39 is 15.9 Å². The molecule has 0 aliphatic carbocycles. The molecule has 0 saturated carbocycles. The number of benzene rings is 1. The highest BCUT2D eigenvalue weighted by molar-refractivity contribution is 9.10. The maximum absolute atomic E-state index is 11.8. The molecular formula is C10H9BrO3S. The Hall–Kier alpha value is -0.650. The van der Waals surface area contributed by atoms with Gasteiger partial charge in [-0.3, -0.25) is 0 Å². The summed E-state index contributed by atoms with van der Waals surface area (Å²) in [7, 11) is -3.40. The van der Waals surface area contributed by atoms with Crippen LogP contribution >= 0.6 is 15.9 Å². The molecular weight excluding hydrogens is 280 g/mol. The van der Waals surface area contributed by atoms with Crippen molar-refractivity contribution in [2.24, 2.45) is 0 Å². The third kappa shape index (κ3) is 1.64. The van der Waals surface area contributed by atoms with E-state index in [-0.39, 0.29) is 4.90 Å². The Labute approximate surface area is 96.5 Å². The molecule has 0 radical (unpaired) electrons. The van der Waals surface area contributed by atoms with E-state index in [1.54, 1.807) is 25.1 Å². The first-order valence-electron chi connectivity index (χ1n) is 4.37. The fourth-order valence-electron chi connectivity index (χ4n) is 1.64. The summed E-state index contributed by atoms with van der Waals surface area (Å²) >= 11 is 3.21. The Morgan fingerprint density at radius 2 is 2.07 bits per heavy atom. The highest BCUT2D eigenvalue weighted by Gasteiger charge is 2.30. The van der Waals surface area contributed by atoms with Crippen LogP contribution < -0.4 is 0 Å². The van der Waals surface area contributed by atoms with Crippen LogP contribution in [0.15, 0.2) is 33.0 Å². The van der Waals surface area contributed by atoms with E-state index in [2.05, 4.69) is 15.9 Å². The Morgan fingerprint density at radius 1 is 1.40 bits per heavy atom. The Bertz CT molecular complexity index is 544. The van der Waals surface area contributed by atoms with Crippen molar-refractivity contribution in [3.63, 3.8) is 0 Å². The predicted molar refractivity (Wildman–Crippen MR) is 61.0 cm³/mol. The van der Waals surface area contributed by atoms with Crippen molar-refractivity contribution in [2.75, 3.05) is 0 Å². The van der Waals surface area contributed by atoms with Crippen LogP contribution in [0.3, 0.4) is 0 Å². The summed E-state index contributed by atoms with van der Waals surface area (Å²) in [6.07, 6.45) is -0.782. The minimum absolute atomic E-state index is 0.251. The lowest BCUT2D eigenvalue weighted by atomic mass is 10.0. The maximum Gasteiger partial charge on any atom is 0.201 e. The van der Waals surface area contributed by atoms with Crippen molar-refractivity contribution in [3.05, 3.63) is 33.6 Å². The van der Waals surface area contributed by atoms with E-state index in [0.717, 1.165) is 5.41 Å². The Balaban J connectivity index is 2.79. The molecule has 1 N–H and O–H groups in total. The lowest BCUT2D eigenvalue weighted by Crippen LogP contribution is -2.01. The molecule has 80 valence electrons. The lowest BCUT2D eigenvalue weighted by Gasteiger charge is -2.07. The third-order valence-electron chi connectivity index (χ3n) is 2.29. The number of halogens is 1. The Morgan fingerprint density at radius 3 is 2.67 bits per heavy atom. The van der Waals surface area contributed by atoms with Gasteiger partial charge in [-0.2, -0.15) is 0 Å². The predicted octanol–water partition coefficient (Wildman–Crippen LogP) is 1.96. The zero-order valence-electron chi connectivity index (χ0n) is 7.94. The van der Waals surface area contributed by atoms with Crippen LogP contribution in [0.5, 0.6) is 0 Å². The minimum Gasteiger partial charge on any atom is -0.389 e. The molecule has 0 spiro atoms. The largest absolute Gasteiger partial charge is 0.389 e. The van der Waals surface area contributed by atoms with Crippen LogP contribution in [0.2, 0.25) is 0 Å². The summed E-state index contributed by atoms with van der Waals surface area (Å²) in [5.41, 5.74) is 1.03. The fraction of sp³-hybridized carbons (Fsp3) is 0.200. The summed E-state index contributed by atoms with van der Waals surface area (Å²) in [6.45, 7) is 1.55. The van der Waals surface area contributed by atoms with Crippen molar-refractivity contribution in [2.45, 2.75) is 17.9 Å².